The molecule has 1 amide bonds. The van der Waals surface area contributed by atoms with E-state index in [1.807, 2.05) is 0 Å². The van der Waals surface area contributed by atoms with E-state index < -0.39 is 6.61 Å². The maximum Gasteiger partial charge on any atom is 0.387 e. The van der Waals surface area contributed by atoms with Gasteiger partial charge < -0.3 is 15.4 Å². The van der Waals surface area contributed by atoms with Crippen molar-refractivity contribution in [2.45, 2.75) is 19.5 Å². The number of nitrogens with zero attached hydrogens (tertiary/aromatic N) is 1. The van der Waals surface area contributed by atoms with Crippen LogP contribution in [0.15, 0.2) is 24.3 Å². The Hall–Kier alpha value is -1.40. The third-order valence-corrected chi connectivity index (χ3v) is 3.45. The van der Waals surface area contributed by atoms with Crippen LogP contribution in [0.3, 0.4) is 0 Å². The minimum atomic E-state index is -2.89. The highest BCUT2D eigenvalue weighted by molar-refractivity contribution is 5.94. The average molecular weight is 321 g/mol. The van der Waals surface area contributed by atoms with Crippen molar-refractivity contribution in [3.63, 3.8) is 0 Å². The van der Waals surface area contributed by atoms with Crippen molar-refractivity contribution in [1.29, 1.82) is 0 Å². The molecule has 0 aromatic heterocycles. The van der Waals surface area contributed by atoms with Crippen LogP contribution in [-0.2, 0) is 0 Å². The number of likely N-dealkylation sites (tertiary alicyclic amines) is 1. The normalized spacial score (nSPS) is 18.3. The lowest BCUT2D eigenvalue weighted by Crippen LogP contribution is -2.42. The van der Waals surface area contributed by atoms with Gasteiger partial charge in [0, 0.05) is 18.7 Å². The van der Waals surface area contributed by atoms with E-state index in [9.17, 15) is 13.6 Å². The summed E-state index contributed by atoms with van der Waals surface area (Å²) in [6.45, 7) is -1.04. The Bertz CT molecular complexity index is 474. The van der Waals surface area contributed by atoms with Gasteiger partial charge in [0.05, 0.1) is 0 Å². The highest BCUT2D eigenvalue weighted by Crippen LogP contribution is 2.21. The Balaban J connectivity index is 0.00000220. The number of alkyl halides is 2. The highest BCUT2D eigenvalue weighted by atomic mass is 35.5. The zero-order chi connectivity index (χ0) is 14.5. The SMILES string of the molecule is Cl.NCC1CCCN(C(=O)c2cccc(OC(F)F)c2)C1. The summed E-state index contributed by atoms with van der Waals surface area (Å²) in [6, 6.07) is 5.89. The molecule has 7 heteroatoms. The molecule has 2 N–H and O–H groups in total. The summed E-state index contributed by atoms with van der Waals surface area (Å²) in [5, 5.41) is 0. The van der Waals surface area contributed by atoms with E-state index in [0.717, 1.165) is 12.8 Å². The van der Waals surface area contributed by atoms with Gasteiger partial charge >= 0.3 is 6.61 Å². The zero-order valence-corrected chi connectivity index (χ0v) is 12.3. The molecular formula is C14H19ClF2N2O2. The molecule has 0 radical (unpaired) electrons. The summed E-state index contributed by atoms with van der Waals surface area (Å²) in [7, 11) is 0. The molecule has 0 bridgehead atoms. The Kier molecular flexibility index (Phi) is 6.84. The molecule has 1 fully saturated rings. The van der Waals surface area contributed by atoms with Crippen LogP contribution in [0.1, 0.15) is 23.2 Å². The first-order chi connectivity index (χ1) is 9.60. The molecule has 1 atom stereocenters. The molecule has 1 aliphatic heterocycles. The second kappa shape index (κ2) is 8.14. The van der Waals surface area contributed by atoms with Gasteiger partial charge in [-0.1, -0.05) is 6.07 Å². The Labute approximate surface area is 128 Å². The van der Waals surface area contributed by atoms with E-state index >= 15 is 0 Å². The quantitative estimate of drug-likeness (QED) is 0.927. The van der Waals surface area contributed by atoms with Crippen LogP contribution in [0, 0.1) is 5.92 Å². The fourth-order valence-corrected chi connectivity index (χ4v) is 2.43. The first kappa shape index (κ1) is 17.7. The van der Waals surface area contributed by atoms with Gasteiger partial charge in [0.2, 0.25) is 0 Å². The molecule has 0 aliphatic carbocycles. The number of carbonyl (C=O) groups is 1. The molecule has 1 aliphatic rings. The molecule has 2 rings (SSSR count). The zero-order valence-electron chi connectivity index (χ0n) is 11.5. The molecular weight excluding hydrogens is 302 g/mol. The number of halogens is 3. The minimum Gasteiger partial charge on any atom is -0.435 e. The lowest BCUT2D eigenvalue weighted by molar-refractivity contribution is -0.0499. The number of hydrogen-bond donors (Lipinski definition) is 1. The predicted molar refractivity (Wildman–Crippen MR) is 78.0 cm³/mol. The standard InChI is InChI=1S/C14H18F2N2O2.ClH/c15-14(16)20-12-5-1-4-11(7-12)13(19)18-6-2-3-10(8-17)9-18;/h1,4-5,7,10,14H,2-3,6,8-9,17H2;1H. The largest absolute Gasteiger partial charge is 0.435 e. The maximum absolute atomic E-state index is 12.3. The smallest absolute Gasteiger partial charge is 0.387 e. The van der Waals surface area contributed by atoms with Crippen LogP contribution in [0.4, 0.5) is 8.78 Å². The number of piperidine rings is 1. The molecule has 118 valence electrons. The highest BCUT2D eigenvalue weighted by Gasteiger charge is 2.23. The van der Waals surface area contributed by atoms with Crippen LogP contribution in [0.5, 0.6) is 5.75 Å². The van der Waals surface area contributed by atoms with Crippen LogP contribution in [-0.4, -0.2) is 37.1 Å². The first-order valence-electron chi connectivity index (χ1n) is 6.64. The lowest BCUT2D eigenvalue weighted by atomic mass is 9.97. The third-order valence-electron chi connectivity index (χ3n) is 3.45. The average Bonchev–Trinajstić information content (AvgIpc) is 2.46. The Morgan fingerprint density at radius 3 is 2.90 bits per heavy atom. The monoisotopic (exact) mass is 320 g/mol. The summed E-state index contributed by atoms with van der Waals surface area (Å²) < 4.78 is 28.7. The van der Waals surface area contributed by atoms with Crippen LogP contribution < -0.4 is 10.5 Å². The molecule has 21 heavy (non-hydrogen) atoms. The first-order valence-corrected chi connectivity index (χ1v) is 6.64. The van der Waals surface area contributed by atoms with E-state index in [1.54, 1.807) is 11.0 Å². The predicted octanol–water partition coefficient (Wildman–Crippen LogP) is 2.52. The number of benzene rings is 1. The van der Waals surface area contributed by atoms with Crippen molar-refractivity contribution in [1.82, 2.24) is 4.90 Å². The maximum atomic E-state index is 12.3. The van der Waals surface area contributed by atoms with Gasteiger partial charge in [-0.05, 0) is 43.5 Å². The summed E-state index contributed by atoms with van der Waals surface area (Å²) in [5.41, 5.74) is 6.00. The van der Waals surface area contributed by atoms with Crippen molar-refractivity contribution in [3.8, 4) is 5.75 Å². The topological polar surface area (TPSA) is 55.6 Å². The number of ether oxygens (including phenoxy) is 1. The van der Waals surface area contributed by atoms with Gasteiger partial charge in [0.25, 0.3) is 5.91 Å². The molecule has 1 saturated heterocycles. The van der Waals surface area contributed by atoms with Crippen molar-refractivity contribution in [3.05, 3.63) is 29.8 Å². The van der Waals surface area contributed by atoms with E-state index in [1.165, 1.54) is 18.2 Å². The van der Waals surface area contributed by atoms with Gasteiger partial charge in [-0.3, -0.25) is 4.79 Å². The van der Waals surface area contributed by atoms with Gasteiger partial charge in [-0.2, -0.15) is 8.78 Å². The molecule has 0 saturated carbocycles. The van der Waals surface area contributed by atoms with Gasteiger partial charge in [0.15, 0.2) is 0 Å². The van der Waals surface area contributed by atoms with Gasteiger partial charge in [0.1, 0.15) is 5.75 Å². The van der Waals surface area contributed by atoms with Gasteiger partial charge in [-0.25, -0.2) is 0 Å². The number of hydrogen-bond acceptors (Lipinski definition) is 3. The van der Waals surface area contributed by atoms with Crippen LogP contribution >= 0.6 is 12.4 Å². The van der Waals surface area contributed by atoms with E-state index in [4.69, 9.17) is 5.73 Å². The molecule has 1 heterocycles. The Morgan fingerprint density at radius 2 is 2.24 bits per heavy atom. The van der Waals surface area contributed by atoms with Crippen LogP contribution in [0.2, 0.25) is 0 Å². The van der Waals surface area contributed by atoms with E-state index in [-0.39, 0.29) is 24.1 Å². The van der Waals surface area contributed by atoms with E-state index in [0.29, 0.717) is 31.1 Å². The molecule has 1 aromatic rings. The van der Waals surface area contributed by atoms with Crippen molar-refractivity contribution in [2.24, 2.45) is 11.7 Å². The second-order valence-corrected chi connectivity index (χ2v) is 4.90. The molecule has 4 nitrogen and oxygen atoms in total. The number of nitrogens with two attached hydrogens (primary N) is 1. The molecule has 1 aromatic carbocycles. The number of rotatable bonds is 4. The summed E-state index contributed by atoms with van der Waals surface area (Å²) in [6.07, 6.45) is 1.94. The second-order valence-electron chi connectivity index (χ2n) is 4.90. The summed E-state index contributed by atoms with van der Waals surface area (Å²) in [4.78, 5) is 14.1. The number of amides is 1. The van der Waals surface area contributed by atoms with Crippen molar-refractivity contribution < 1.29 is 18.3 Å². The van der Waals surface area contributed by atoms with E-state index in [2.05, 4.69) is 4.74 Å². The molecule has 0 spiro atoms. The summed E-state index contributed by atoms with van der Waals surface area (Å²) in [5.74, 6) is 0.147. The number of carbonyl (C=O) groups excluding carboxylic acids is 1. The minimum absolute atomic E-state index is 0. The Morgan fingerprint density at radius 1 is 1.48 bits per heavy atom. The van der Waals surface area contributed by atoms with Gasteiger partial charge in [-0.15, -0.1) is 12.4 Å². The van der Waals surface area contributed by atoms with Crippen molar-refractivity contribution in [2.75, 3.05) is 19.6 Å². The lowest BCUT2D eigenvalue weighted by Gasteiger charge is -2.32. The fourth-order valence-electron chi connectivity index (χ4n) is 2.43. The van der Waals surface area contributed by atoms with Crippen LogP contribution in [0.25, 0.3) is 0 Å². The van der Waals surface area contributed by atoms with Crippen molar-refractivity contribution >= 4 is 18.3 Å². The third kappa shape index (κ3) is 4.82. The summed E-state index contributed by atoms with van der Waals surface area (Å²) >= 11 is 0. The fraction of sp³-hybridized carbons (Fsp3) is 0.500. The molecule has 1 unspecified atom stereocenters.